The van der Waals surface area contributed by atoms with Crippen LogP contribution in [0.5, 0.6) is 0 Å². The number of Topliss-reactive ketones (excluding diaryl/α,β-unsaturated/α-hetero) is 1. The lowest BCUT2D eigenvalue weighted by Crippen LogP contribution is -1.96. The molecule has 15 heavy (non-hydrogen) atoms. The number of methoxy groups -OCH3 is 1. The Kier molecular flexibility index (Phi) is 4.49. The number of aryl methyl sites for hydroxylation is 1. The van der Waals surface area contributed by atoms with Gasteiger partial charge >= 0.3 is 5.97 Å². The van der Waals surface area contributed by atoms with Gasteiger partial charge in [-0.05, 0) is 31.9 Å². The van der Waals surface area contributed by atoms with Crippen LogP contribution < -0.4 is 0 Å². The molecule has 0 saturated carbocycles. The van der Waals surface area contributed by atoms with E-state index >= 15 is 0 Å². The molecule has 0 bridgehead atoms. The van der Waals surface area contributed by atoms with Crippen LogP contribution in [0.25, 0.3) is 0 Å². The topological polar surface area (TPSA) is 43.4 Å². The molecule has 4 heteroatoms. The van der Waals surface area contributed by atoms with Gasteiger partial charge in [0.05, 0.1) is 7.11 Å². The van der Waals surface area contributed by atoms with Crippen LogP contribution in [0.1, 0.15) is 34.3 Å². The first kappa shape index (κ1) is 11.9. The fourth-order valence-electron chi connectivity index (χ4n) is 1.23. The average Bonchev–Trinajstić information content (AvgIpc) is 2.65. The van der Waals surface area contributed by atoms with E-state index in [0.717, 1.165) is 17.7 Å². The van der Waals surface area contributed by atoms with E-state index in [2.05, 4.69) is 4.74 Å². The molecule has 0 aliphatic heterocycles. The number of esters is 1. The summed E-state index contributed by atoms with van der Waals surface area (Å²) >= 11 is 1.43. The Bertz CT molecular complexity index is 354. The second kappa shape index (κ2) is 5.66. The predicted molar refractivity (Wildman–Crippen MR) is 59.3 cm³/mol. The number of hydrogen-bond donors (Lipinski definition) is 0. The Hall–Kier alpha value is -1.16. The lowest BCUT2D eigenvalue weighted by molar-refractivity contribution is -0.117. The number of carbonyl (C=O) groups is 2. The number of carbonyl (C=O) groups excluding carboxylic acids is 2. The lowest BCUT2D eigenvalue weighted by Gasteiger charge is -1.95. The van der Waals surface area contributed by atoms with E-state index < -0.39 is 0 Å². The van der Waals surface area contributed by atoms with Crippen molar-refractivity contribution in [3.05, 3.63) is 21.9 Å². The summed E-state index contributed by atoms with van der Waals surface area (Å²) in [6, 6.07) is 3.68. The second-order valence-corrected chi connectivity index (χ2v) is 4.48. The Morgan fingerprint density at radius 1 is 1.40 bits per heavy atom. The first-order valence-corrected chi connectivity index (χ1v) is 5.61. The van der Waals surface area contributed by atoms with Gasteiger partial charge in [-0.1, -0.05) is 0 Å². The van der Waals surface area contributed by atoms with Gasteiger partial charge in [-0.2, -0.15) is 0 Å². The van der Waals surface area contributed by atoms with Crippen molar-refractivity contribution in [1.82, 2.24) is 0 Å². The first-order valence-electron chi connectivity index (χ1n) is 4.80. The molecule has 82 valence electrons. The van der Waals surface area contributed by atoms with Gasteiger partial charge in [-0.15, -0.1) is 11.3 Å². The molecule has 0 radical (unpaired) electrons. The van der Waals surface area contributed by atoms with E-state index in [0.29, 0.717) is 11.3 Å². The summed E-state index contributed by atoms with van der Waals surface area (Å²) in [4.78, 5) is 23.6. The maximum atomic E-state index is 11.1. The van der Waals surface area contributed by atoms with Gasteiger partial charge in [0.15, 0.2) is 0 Å². The number of thiophene rings is 1. The van der Waals surface area contributed by atoms with Crippen LogP contribution in [0, 0.1) is 0 Å². The van der Waals surface area contributed by atoms with E-state index in [1.54, 1.807) is 13.0 Å². The molecule has 0 amide bonds. The van der Waals surface area contributed by atoms with Crippen molar-refractivity contribution in [3.8, 4) is 0 Å². The largest absolute Gasteiger partial charge is 0.465 e. The minimum atomic E-state index is -0.294. The highest BCUT2D eigenvalue weighted by atomic mass is 32.1. The molecular formula is C11H14O3S. The highest BCUT2D eigenvalue weighted by molar-refractivity contribution is 7.13. The molecular weight excluding hydrogens is 212 g/mol. The highest BCUT2D eigenvalue weighted by Gasteiger charge is 2.08. The van der Waals surface area contributed by atoms with Crippen molar-refractivity contribution in [3.63, 3.8) is 0 Å². The van der Waals surface area contributed by atoms with E-state index in [-0.39, 0.29) is 11.8 Å². The smallest absolute Gasteiger partial charge is 0.348 e. The minimum absolute atomic E-state index is 0.208. The van der Waals surface area contributed by atoms with E-state index in [1.807, 2.05) is 6.07 Å². The summed E-state index contributed by atoms with van der Waals surface area (Å²) in [5.41, 5.74) is 0. The van der Waals surface area contributed by atoms with Gasteiger partial charge in [-0.3, -0.25) is 0 Å². The lowest BCUT2D eigenvalue weighted by atomic mass is 10.2. The maximum Gasteiger partial charge on any atom is 0.348 e. The van der Waals surface area contributed by atoms with E-state index in [4.69, 9.17) is 0 Å². The predicted octanol–water partition coefficient (Wildman–Crippen LogP) is 2.45. The molecule has 0 unspecified atom stereocenters. The zero-order chi connectivity index (χ0) is 11.3. The van der Waals surface area contributed by atoms with Crippen LogP contribution in [0.3, 0.4) is 0 Å². The zero-order valence-corrected chi connectivity index (χ0v) is 9.73. The molecule has 0 spiro atoms. The fraction of sp³-hybridized carbons (Fsp3) is 0.455. The van der Waals surface area contributed by atoms with E-state index in [9.17, 15) is 9.59 Å². The zero-order valence-electron chi connectivity index (χ0n) is 8.91. The number of ether oxygens (including phenoxy) is 1. The molecule has 0 saturated heterocycles. The number of ketones is 1. The Morgan fingerprint density at radius 2 is 2.13 bits per heavy atom. The third-order valence-electron chi connectivity index (χ3n) is 2.00. The van der Waals surface area contributed by atoms with Gasteiger partial charge in [0.25, 0.3) is 0 Å². The summed E-state index contributed by atoms with van der Waals surface area (Å²) in [6.07, 6.45) is 2.29. The monoisotopic (exact) mass is 226 g/mol. The molecule has 1 aromatic heterocycles. The molecule has 0 atom stereocenters. The summed E-state index contributed by atoms with van der Waals surface area (Å²) in [5, 5.41) is 0. The van der Waals surface area contributed by atoms with E-state index in [1.165, 1.54) is 18.4 Å². The summed E-state index contributed by atoms with van der Waals surface area (Å²) < 4.78 is 4.61. The quantitative estimate of drug-likeness (QED) is 0.724. The first-order chi connectivity index (χ1) is 7.13. The summed E-state index contributed by atoms with van der Waals surface area (Å²) in [5.74, 6) is -0.0856. The number of rotatable bonds is 5. The third-order valence-corrected chi connectivity index (χ3v) is 3.13. The maximum absolute atomic E-state index is 11.1. The van der Waals surface area contributed by atoms with Gasteiger partial charge < -0.3 is 9.53 Å². The Morgan fingerprint density at radius 3 is 2.73 bits per heavy atom. The van der Waals surface area contributed by atoms with Crippen molar-refractivity contribution in [1.29, 1.82) is 0 Å². The molecule has 0 aliphatic carbocycles. The average molecular weight is 226 g/mol. The Labute approximate surface area is 93.1 Å². The molecule has 1 heterocycles. The van der Waals surface area contributed by atoms with Crippen LogP contribution in [0.2, 0.25) is 0 Å². The van der Waals surface area contributed by atoms with Gasteiger partial charge in [0.2, 0.25) is 0 Å². The van der Waals surface area contributed by atoms with Crippen molar-refractivity contribution < 1.29 is 14.3 Å². The van der Waals surface area contributed by atoms with Crippen LogP contribution in [0.15, 0.2) is 12.1 Å². The van der Waals surface area contributed by atoms with Crippen LogP contribution >= 0.6 is 11.3 Å². The molecule has 0 aliphatic rings. The third kappa shape index (κ3) is 3.83. The molecule has 3 nitrogen and oxygen atoms in total. The standard InChI is InChI=1S/C11H14O3S/c1-8(12)4-3-5-9-6-7-10(15-9)11(13)14-2/h6-7H,3-5H2,1-2H3. The van der Waals surface area contributed by atoms with Crippen LogP contribution in [-0.2, 0) is 16.0 Å². The number of hydrogen-bond acceptors (Lipinski definition) is 4. The van der Waals surface area contributed by atoms with Crippen LogP contribution in [0.4, 0.5) is 0 Å². The summed E-state index contributed by atoms with van der Waals surface area (Å²) in [7, 11) is 1.37. The van der Waals surface area contributed by atoms with Gasteiger partial charge in [-0.25, -0.2) is 4.79 Å². The molecule has 0 aromatic carbocycles. The highest BCUT2D eigenvalue weighted by Crippen LogP contribution is 2.19. The Balaban J connectivity index is 2.46. The molecule has 1 rings (SSSR count). The van der Waals surface area contributed by atoms with Crippen molar-refractivity contribution in [2.45, 2.75) is 26.2 Å². The van der Waals surface area contributed by atoms with Gasteiger partial charge in [0.1, 0.15) is 10.7 Å². The molecule has 0 fully saturated rings. The SMILES string of the molecule is COC(=O)c1ccc(CCCC(C)=O)s1. The second-order valence-electron chi connectivity index (χ2n) is 3.31. The van der Waals surface area contributed by atoms with Crippen molar-refractivity contribution in [2.75, 3.05) is 7.11 Å². The van der Waals surface area contributed by atoms with Crippen molar-refractivity contribution >= 4 is 23.1 Å². The van der Waals surface area contributed by atoms with Gasteiger partial charge in [0, 0.05) is 11.3 Å². The van der Waals surface area contributed by atoms with Crippen molar-refractivity contribution in [2.24, 2.45) is 0 Å². The summed E-state index contributed by atoms with van der Waals surface area (Å²) in [6.45, 7) is 1.59. The normalized spacial score (nSPS) is 10.0. The fourth-order valence-corrected chi connectivity index (χ4v) is 2.20. The molecule has 0 N–H and O–H groups in total. The minimum Gasteiger partial charge on any atom is -0.465 e. The van der Waals surface area contributed by atoms with Crippen LogP contribution in [-0.4, -0.2) is 18.9 Å². The molecule has 1 aromatic rings.